The van der Waals surface area contributed by atoms with E-state index in [1.165, 1.54) is 10.4 Å². The highest BCUT2D eigenvalue weighted by molar-refractivity contribution is 7.16. The lowest BCUT2D eigenvalue weighted by molar-refractivity contribution is -0.119. The number of thiazole rings is 1. The first-order chi connectivity index (χ1) is 12.0. The highest BCUT2D eigenvalue weighted by Crippen LogP contribution is 2.40. The maximum Gasteiger partial charge on any atom is 0.235 e. The Bertz CT molecular complexity index is 924. The van der Waals surface area contributed by atoms with Gasteiger partial charge >= 0.3 is 0 Å². The fourth-order valence-electron chi connectivity index (χ4n) is 3.22. The molecule has 0 saturated heterocycles. The summed E-state index contributed by atoms with van der Waals surface area (Å²) in [6, 6.07) is 10.1. The van der Waals surface area contributed by atoms with Crippen LogP contribution in [0.4, 0.5) is 5.13 Å². The number of rotatable bonds is 3. The van der Waals surface area contributed by atoms with E-state index in [1.54, 1.807) is 22.5 Å². The molecular formula is C20H20N2O2S. The number of amides is 1. The number of hydrogen-bond donors (Lipinski definition) is 0. The minimum atomic E-state index is -0.198. The van der Waals surface area contributed by atoms with Gasteiger partial charge in [0.1, 0.15) is 5.76 Å². The second-order valence-electron chi connectivity index (χ2n) is 6.56. The van der Waals surface area contributed by atoms with Crippen molar-refractivity contribution in [3.05, 3.63) is 58.4 Å². The van der Waals surface area contributed by atoms with Crippen molar-refractivity contribution in [1.82, 2.24) is 4.98 Å². The minimum absolute atomic E-state index is 0.0577. The number of fused-ring (bicyclic) bond motifs is 3. The monoisotopic (exact) mass is 352 g/mol. The second kappa shape index (κ2) is 6.15. The van der Waals surface area contributed by atoms with Crippen molar-refractivity contribution in [1.29, 1.82) is 0 Å². The summed E-state index contributed by atoms with van der Waals surface area (Å²) in [5.74, 6) is 0.852. The Morgan fingerprint density at radius 1 is 1.24 bits per heavy atom. The highest BCUT2D eigenvalue weighted by Gasteiger charge is 2.27. The summed E-state index contributed by atoms with van der Waals surface area (Å²) in [5, 5.41) is 0.753. The second-order valence-corrected chi connectivity index (χ2v) is 7.62. The highest BCUT2D eigenvalue weighted by atomic mass is 32.1. The van der Waals surface area contributed by atoms with Crippen molar-refractivity contribution < 1.29 is 9.21 Å². The fraction of sp³-hybridized carbons (Fsp3) is 0.300. The zero-order valence-electron chi connectivity index (χ0n) is 14.6. The molecule has 4 rings (SSSR count). The maximum absolute atomic E-state index is 12.9. The van der Waals surface area contributed by atoms with E-state index in [1.807, 2.05) is 51.2 Å². The summed E-state index contributed by atoms with van der Waals surface area (Å²) < 4.78 is 5.52. The first-order valence-corrected chi connectivity index (χ1v) is 9.27. The lowest BCUT2D eigenvalue weighted by Crippen LogP contribution is -2.30. The molecule has 0 aliphatic heterocycles. The third kappa shape index (κ3) is 2.78. The fourth-order valence-corrected chi connectivity index (χ4v) is 4.26. The molecule has 25 heavy (non-hydrogen) atoms. The lowest BCUT2D eigenvalue weighted by Gasteiger charge is -2.19. The molecule has 2 aromatic heterocycles. The quantitative estimate of drug-likeness (QED) is 0.693. The number of hydrogen-bond acceptors (Lipinski definition) is 4. The Labute approximate surface area is 151 Å². The zero-order chi connectivity index (χ0) is 17.6. The third-order valence-electron chi connectivity index (χ3n) is 4.83. The van der Waals surface area contributed by atoms with Gasteiger partial charge in [0.2, 0.25) is 5.91 Å². The largest absolute Gasteiger partial charge is 0.469 e. The van der Waals surface area contributed by atoms with Gasteiger partial charge in [0, 0.05) is 23.9 Å². The van der Waals surface area contributed by atoms with Gasteiger partial charge in [0.25, 0.3) is 0 Å². The Morgan fingerprint density at radius 3 is 2.76 bits per heavy atom. The van der Waals surface area contributed by atoms with Gasteiger partial charge in [-0.15, -0.1) is 11.3 Å². The number of carbonyl (C=O) groups is 1. The van der Waals surface area contributed by atoms with Crippen LogP contribution in [-0.4, -0.2) is 17.9 Å². The summed E-state index contributed by atoms with van der Waals surface area (Å²) in [5.41, 5.74) is 4.26. The van der Waals surface area contributed by atoms with Crippen molar-refractivity contribution in [2.24, 2.45) is 0 Å². The first-order valence-electron chi connectivity index (χ1n) is 8.45. The normalized spacial score (nSPS) is 13.9. The van der Waals surface area contributed by atoms with Crippen LogP contribution in [0.1, 0.15) is 34.6 Å². The van der Waals surface area contributed by atoms with Crippen LogP contribution in [0.2, 0.25) is 0 Å². The summed E-state index contributed by atoms with van der Waals surface area (Å²) in [4.78, 5) is 20.6. The molecule has 3 aromatic rings. The van der Waals surface area contributed by atoms with Crippen molar-refractivity contribution in [3.63, 3.8) is 0 Å². The van der Waals surface area contributed by atoms with E-state index < -0.39 is 0 Å². The summed E-state index contributed by atoms with van der Waals surface area (Å²) in [6.07, 6.45) is 3.53. The topological polar surface area (TPSA) is 46.3 Å². The van der Waals surface area contributed by atoms with Crippen molar-refractivity contribution >= 4 is 22.4 Å². The summed E-state index contributed by atoms with van der Waals surface area (Å²) in [6.45, 7) is 4.00. The molecular weight excluding hydrogens is 332 g/mol. The van der Waals surface area contributed by atoms with Gasteiger partial charge in [-0.1, -0.05) is 29.8 Å². The van der Waals surface area contributed by atoms with E-state index >= 15 is 0 Å². The Hall–Kier alpha value is -2.40. The first kappa shape index (κ1) is 16.1. The number of anilines is 1. The molecule has 0 saturated carbocycles. The van der Waals surface area contributed by atoms with E-state index in [0.717, 1.165) is 40.6 Å². The van der Waals surface area contributed by atoms with Gasteiger partial charge in [-0.25, -0.2) is 4.98 Å². The smallest absolute Gasteiger partial charge is 0.235 e. The van der Waals surface area contributed by atoms with Gasteiger partial charge in [0.15, 0.2) is 5.13 Å². The Morgan fingerprint density at radius 2 is 2.00 bits per heavy atom. The predicted molar refractivity (Wildman–Crippen MR) is 100 cm³/mol. The third-order valence-corrected chi connectivity index (χ3v) is 6.02. The van der Waals surface area contributed by atoms with Crippen LogP contribution in [0.25, 0.3) is 11.3 Å². The van der Waals surface area contributed by atoms with E-state index in [-0.39, 0.29) is 11.8 Å². The van der Waals surface area contributed by atoms with Crippen molar-refractivity contribution in [2.75, 3.05) is 11.9 Å². The van der Waals surface area contributed by atoms with Crippen LogP contribution >= 0.6 is 11.3 Å². The number of carbonyl (C=O) groups excluding carboxylic acids is 1. The minimum Gasteiger partial charge on any atom is -0.469 e. The van der Waals surface area contributed by atoms with Crippen LogP contribution in [0, 0.1) is 6.92 Å². The molecule has 0 fully saturated rings. The van der Waals surface area contributed by atoms with E-state index in [0.29, 0.717) is 0 Å². The molecule has 0 bridgehead atoms. The van der Waals surface area contributed by atoms with Crippen LogP contribution in [0.3, 0.4) is 0 Å². The van der Waals surface area contributed by atoms with E-state index in [2.05, 4.69) is 0 Å². The number of furan rings is 1. The zero-order valence-corrected chi connectivity index (χ0v) is 15.4. The maximum atomic E-state index is 12.9. The molecule has 1 aromatic carbocycles. The van der Waals surface area contributed by atoms with Crippen LogP contribution in [0.5, 0.6) is 0 Å². The molecule has 0 N–H and O–H groups in total. The van der Waals surface area contributed by atoms with Gasteiger partial charge in [-0.3, -0.25) is 9.69 Å². The number of likely N-dealkylation sites (N-methyl/N-ethyl adjacent to an activating group) is 1. The van der Waals surface area contributed by atoms with E-state index in [9.17, 15) is 4.79 Å². The number of aromatic nitrogens is 1. The average Bonchev–Trinajstić information content (AvgIpc) is 3.26. The molecule has 128 valence electrons. The van der Waals surface area contributed by atoms with Crippen LogP contribution in [0.15, 0.2) is 41.0 Å². The Kier molecular flexibility index (Phi) is 3.96. The summed E-state index contributed by atoms with van der Waals surface area (Å²) in [7, 11) is 1.81. The summed E-state index contributed by atoms with van der Waals surface area (Å²) >= 11 is 1.61. The molecule has 1 aliphatic carbocycles. The number of benzene rings is 1. The molecule has 4 nitrogen and oxygen atoms in total. The molecule has 0 spiro atoms. The molecule has 0 radical (unpaired) electrons. The van der Waals surface area contributed by atoms with Crippen LogP contribution < -0.4 is 4.90 Å². The van der Waals surface area contributed by atoms with Crippen LogP contribution in [-0.2, 0) is 17.6 Å². The van der Waals surface area contributed by atoms with E-state index in [4.69, 9.17) is 9.40 Å². The molecule has 2 heterocycles. The standard InChI is InChI=1S/C20H20N2O2S/c1-12-4-6-14(7-5-12)13(2)19(23)22(3)20-21-18-15-10-11-24-16(15)8-9-17(18)25-20/h4-7,10-11,13H,8-9H2,1-3H3. The van der Waals surface area contributed by atoms with Crippen molar-refractivity contribution in [3.8, 4) is 11.3 Å². The molecule has 1 atom stereocenters. The van der Waals surface area contributed by atoms with Gasteiger partial charge in [0.05, 0.1) is 17.9 Å². The SMILES string of the molecule is Cc1ccc(C(C)C(=O)N(C)c2nc3c(s2)CCc2occc2-3)cc1. The molecule has 1 unspecified atom stereocenters. The molecule has 1 amide bonds. The number of aryl methyl sites for hydroxylation is 3. The molecule has 1 aliphatic rings. The number of nitrogens with zero attached hydrogens (tertiary/aromatic N) is 2. The predicted octanol–water partition coefficient (Wildman–Crippen LogP) is 4.58. The van der Waals surface area contributed by atoms with Gasteiger partial charge < -0.3 is 4.42 Å². The lowest BCUT2D eigenvalue weighted by atomic mass is 9.99. The van der Waals surface area contributed by atoms with Crippen molar-refractivity contribution in [2.45, 2.75) is 32.6 Å². The van der Waals surface area contributed by atoms with Gasteiger partial charge in [-0.2, -0.15) is 0 Å². The average molecular weight is 352 g/mol. The molecule has 5 heteroatoms. The Balaban J connectivity index is 1.60. The van der Waals surface area contributed by atoms with Gasteiger partial charge in [-0.05, 0) is 31.9 Å².